The Morgan fingerprint density at radius 3 is 2.41 bits per heavy atom. The summed E-state index contributed by atoms with van der Waals surface area (Å²) in [6, 6.07) is 13.7. The molecule has 1 fully saturated rings. The molecule has 0 saturated carbocycles. The van der Waals surface area contributed by atoms with E-state index in [4.69, 9.17) is 0 Å². The molecular formula is C21H20F2N2O3S. The van der Waals surface area contributed by atoms with E-state index in [0.717, 1.165) is 28.5 Å². The molecule has 152 valence electrons. The molecule has 8 heteroatoms. The molecule has 0 aliphatic carbocycles. The lowest BCUT2D eigenvalue weighted by Crippen LogP contribution is -2.48. The van der Waals surface area contributed by atoms with Gasteiger partial charge in [0.2, 0.25) is 10.0 Å². The first-order chi connectivity index (χ1) is 13.9. The van der Waals surface area contributed by atoms with Crippen molar-refractivity contribution in [1.29, 1.82) is 0 Å². The van der Waals surface area contributed by atoms with Gasteiger partial charge in [-0.15, -0.1) is 0 Å². The maximum atomic E-state index is 14.0. The summed E-state index contributed by atoms with van der Waals surface area (Å²) in [4.78, 5) is 1.40. The van der Waals surface area contributed by atoms with E-state index in [1.54, 1.807) is 6.07 Å². The van der Waals surface area contributed by atoms with Crippen LogP contribution < -0.4 is 0 Å². The molecule has 1 heterocycles. The molecule has 3 aromatic carbocycles. The molecule has 1 aliphatic heterocycles. The number of rotatable bonds is 4. The number of hydrogen-bond donors (Lipinski definition) is 1. The minimum absolute atomic E-state index is 0.157. The second kappa shape index (κ2) is 7.70. The zero-order chi connectivity index (χ0) is 20.6. The SMILES string of the molecule is O=S(=O)(c1cc(F)ccc1F)N1CCN(Cc2c(O)ccc3ccccc23)CC1. The Morgan fingerprint density at radius 1 is 0.931 bits per heavy atom. The van der Waals surface area contributed by atoms with Crippen molar-refractivity contribution in [3.63, 3.8) is 0 Å². The molecule has 0 unspecified atom stereocenters. The summed E-state index contributed by atoms with van der Waals surface area (Å²) in [5.41, 5.74) is 0.788. The minimum Gasteiger partial charge on any atom is -0.508 e. The van der Waals surface area contributed by atoms with Crippen LogP contribution in [0.2, 0.25) is 0 Å². The molecule has 5 nitrogen and oxygen atoms in total. The summed E-state index contributed by atoms with van der Waals surface area (Å²) in [7, 11) is -4.11. The lowest BCUT2D eigenvalue weighted by molar-refractivity contribution is 0.180. The molecule has 3 aromatic rings. The molecule has 0 bridgehead atoms. The van der Waals surface area contributed by atoms with Crippen LogP contribution in [-0.4, -0.2) is 48.9 Å². The smallest absolute Gasteiger partial charge is 0.246 e. The molecular weight excluding hydrogens is 398 g/mol. The van der Waals surface area contributed by atoms with E-state index < -0.39 is 26.6 Å². The largest absolute Gasteiger partial charge is 0.508 e. The molecule has 0 aromatic heterocycles. The van der Waals surface area contributed by atoms with Gasteiger partial charge in [-0.3, -0.25) is 4.90 Å². The maximum Gasteiger partial charge on any atom is 0.246 e. The third-order valence-corrected chi connectivity index (χ3v) is 7.15. The predicted octanol–water partition coefficient (Wildman–Crippen LogP) is 3.33. The van der Waals surface area contributed by atoms with E-state index >= 15 is 0 Å². The van der Waals surface area contributed by atoms with E-state index in [1.165, 1.54) is 4.31 Å². The summed E-state index contributed by atoms with van der Waals surface area (Å²) in [6.45, 7) is 1.61. The van der Waals surface area contributed by atoms with Crippen molar-refractivity contribution in [2.24, 2.45) is 0 Å². The van der Waals surface area contributed by atoms with Crippen LogP contribution in [0, 0.1) is 11.6 Å². The Morgan fingerprint density at radius 2 is 1.66 bits per heavy atom. The van der Waals surface area contributed by atoms with E-state index in [2.05, 4.69) is 0 Å². The van der Waals surface area contributed by atoms with Crippen molar-refractivity contribution < 1.29 is 22.3 Å². The third kappa shape index (κ3) is 3.83. The van der Waals surface area contributed by atoms with Gasteiger partial charge < -0.3 is 5.11 Å². The van der Waals surface area contributed by atoms with Gasteiger partial charge in [-0.2, -0.15) is 4.31 Å². The number of piperazine rings is 1. The van der Waals surface area contributed by atoms with E-state index in [9.17, 15) is 22.3 Å². The maximum absolute atomic E-state index is 14.0. The molecule has 1 N–H and O–H groups in total. The van der Waals surface area contributed by atoms with Gasteiger partial charge in [0.25, 0.3) is 0 Å². The number of nitrogens with zero attached hydrogens (tertiary/aromatic N) is 2. The van der Waals surface area contributed by atoms with Crippen LogP contribution in [0.15, 0.2) is 59.5 Å². The molecule has 0 radical (unpaired) electrons. The second-order valence-electron chi connectivity index (χ2n) is 7.04. The van der Waals surface area contributed by atoms with Gasteiger partial charge in [0.1, 0.15) is 22.3 Å². The fourth-order valence-electron chi connectivity index (χ4n) is 3.66. The fourth-order valence-corrected chi connectivity index (χ4v) is 5.15. The summed E-state index contributed by atoms with van der Waals surface area (Å²) < 4.78 is 54.0. The van der Waals surface area contributed by atoms with Crippen molar-refractivity contribution >= 4 is 20.8 Å². The number of aromatic hydroxyl groups is 1. The lowest BCUT2D eigenvalue weighted by Gasteiger charge is -2.34. The highest BCUT2D eigenvalue weighted by Gasteiger charge is 2.31. The number of hydrogen-bond acceptors (Lipinski definition) is 4. The highest BCUT2D eigenvalue weighted by molar-refractivity contribution is 7.89. The molecule has 1 aliphatic rings. The monoisotopic (exact) mass is 418 g/mol. The second-order valence-corrected chi connectivity index (χ2v) is 8.95. The Kier molecular flexibility index (Phi) is 5.24. The highest BCUT2D eigenvalue weighted by atomic mass is 32.2. The standard InChI is InChI=1S/C21H20F2N2O3S/c22-16-6-7-19(23)21(13-16)29(27,28)25-11-9-24(10-12-25)14-18-17-4-2-1-3-15(17)5-8-20(18)26/h1-8,13,26H,9-12,14H2. The van der Waals surface area contributed by atoms with Crippen LogP contribution in [0.1, 0.15) is 5.56 Å². The number of fused-ring (bicyclic) bond motifs is 1. The van der Waals surface area contributed by atoms with Crippen LogP contribution in [0.5, 0.6) is 5.75 Å². The van der Waals surface area contributed by atoms with E-state index in [0.29, 0.717) is 25.7 Å². The van der Waals surface area contributed by atoms with Crippen LogP contribution in [0.25, 0.3) is 10.8 Å². The molecule has 0 atom stereocenters. The van der Waals surface area contributed by atoms with Crippen molar-refractivity contribution in [3.05, 3.63) is 71.8 Å². The first-order valence-electron chi connectivity index (χ1n) is 9.23. The zero-order valence-corrected chi connectivity index (χ0v) is 16.4. The van der Waals surface area contributed by atoms with Gasteiger partial charge in [0, 0.05) is 38.3 Å². The van der Waals surface area contributed by atoms with Crippen LogP contribution in [-0.2, 0) is 16.6 Å². The summed E-state index contributed by atoms with van der Waals surface area (Å²) in [6.07, 6.45) is 0. The average molecular weight is 418 g/mol. The summed E-state index contributed by atoms with van der Waals surface area (Å²) in [5, 5.41) is 12.3. The zero-order valence-electron chi connectivity index (χ0n) is 15.6. The van der Waals surface area contributed by atoms with Crippen molar-refractivity contribution in [3.8, 4) is 5.75 Å². The predicted molar refractivity (Wildman–Crippen MR) is 106 cm³/mol. The number of phenols is 1. The van der Waals surface area contributed by atoms with Crippen LogP contribution >= 0.6 is 0 Å². The first kappa shape index (κ1) is 19.8. The van der Waals surface area contributed by atoms with Crippen molar-refractivity contribution in [2.75, 3.05) is 26.2 Å². The number of sulfonamides is 1. The summed E-state index contributed by atoms with van der Waals surface area (Å²) >= 11 is 0. The molecule has 0 amide bonds. The van der Waals surface area contributed by atoms with Gasteiger partial charge in [0.05, 0.1) is 0 Å². The van der Waals surface area contributed by atoms with Crippen LogP contribution in [0.4, 0.5) is 8.78 Å². The van der Waals surface area contributed by atoms with Gasteiger partial charge in [-0.1, -0.05) is 30.3 Å². The molecule has 0 spiro atoms. The third-order valence-electron chi connectivity index (χ3n) is 5.24. The van der Waals surface area contributed by atoms with Gasteiger partial charge in [0.15, 0.2) is 0 Å². The van der Waals surface area contributed by atoms with Crippen molar-refractivity contribution in [2.45, 2.75) is 11.4 Å². The number of phenolic OH excluding ortho intramolecular Hbond substituents is 1. The lowest BCUT2D eigenvalue weighted by atomic mass is 10.0. The normalized spacial score (nSPS) is 16.3. The fraction of sp³-hybridized carbons (Fsp3) is 0.238. The molecule has 1 saturated heterocycles. The topological polar surface area (TPSA) is 60.9 Å². The first-order valence-corrected chi connectivity index (χ1v) is 10.7. The van der Waals surface area contributed by atoms with Gasteiger partial charge in [-0.05, 0) is 35.0 Å². The minimum atomic E-state index is -4.11. The van der Waals surface area contributed by atoms with E-state index in [1.807, 2.05) is 35.2 Å². The quantitative estimate of drug-likeness (QED) is 0.706. The van der Waals surface area contributed by atoms with E-state index in [-0.39, 0.29) is 18.8 Å². The Balaban J connectivity index is 1.51. The molecule has 29 heavy (non-hydrogen) atoms. The Bertz CT molecular complexity index is 1160. The highest BCUT2D eigenvalue weighted by Crippen LogP contribution is 2.29. The summed E-state index contributed by atoms with van der Waals surface area (Å²) in [5.74, 6) is -1.56. The average Bonchev–Trinajstić information content (AvgIpc) is 2.72. The molecule has 4 rings (SSSR count). The van der Waals surface area contributed by atoms with Gasteiger partial charge in [-0.25, -0.2) is 17.2 Å². The Labute approximate surface area is 167 Å². The van der Waals surface area contributed by atoms with Crippen LogP contribution in [0.3, 0.4) is 0 Å². The number of halogens is 2. The number of benzene rings is 3. The Hall–Kier alpha value is -2.55. The van der Waals surface area contributed by atoms with Crippen molar-refractivity contribution in [1.82, 2.24) is 9.21 Å². The van der Waals surface area contributed by atoms with Gasteiger partial charge >= 0.3 is 0 Å².